The standard InChI is InChI=1S/C24H27N3O3/c1-4-7-15(8-5-2)21-17-11-10-16(24(29)30-3)13-19(17)27-14-20(28)26-18-9-6-12-25-22(18)23(21)27/h6,9-13,15H,4-5,7-8,14H2,1-3H3,(H,26,28). The number of hydrogen-bond donors (Lipinski definition) is 1. The molecule has 0 spiro atoms. The van der Waals surface area contributed by atoms with Gasteiger partial charge in [-0.1, -0.05) is 32.8 Å². The number of carbonyl (C=O) groups excluding carboxylic acids is 2. The highest BCUT2D eigenvalue weighted by Crippen LogP contribution is 2.44. The molecule has 1 aliphatic rings. The van der Waals surface area contributed by atoms with Crippen molar-refractivity contribution < 1.29 is 14.3 Å². The fourth-order valence-electron chi connectivity index (χ4n) is 4.61. The number of nitrogens with zero attached hydrogens (tertiary/aromatic N) is 2. The van der Waals surface area contributed by atoms with Gasteiger partial charge in [0.1, 0.15) is 12.2 Å². The average Bonchev–Trinajstić information content (AvgIpc) is 2.97. The van der Waals surface area contributed by atoms with Crippen LogP contribution in [0.5, 0.6) is 0 Å². The van der Waals surface area contributed by atoms with Gasteiger partial charge in [-0.05, 0) is 48.6 Å². The van der Waals surface area contributed by atoms with Crippen LogP contribution in [0.4, 0.5) is 5.69 Å². The van der Waals surface area contributed by atoms with E-state index in [-0.39, 0.29) is 18.4 Å². The molecular formula is C24H27N3O3. The molecule has 1 N–H and O–H groups in total. The van der Waals surface area contributed by atoms with Gasteiger partial charge in [-0.2, -0.15) is 0 Å². The third kappa shape index (κ3) is 3.36. The van der Waals surface area contributed by atoms with E-state index in [1.807, 2.05) is 34.9 Å². The van der Waals surface area contributed by atoms with Crippen molar-refractivity contribution in [2.45, 2.75) is 52.0 Å². The molecule has 0 fully saturated rings. The van der Waals surface area contributed by atoms with E-state index in [2.05, 4.69) is 24.1 Å². The number of rotatable bonds is 6. The van der Waals surface area contributed by atoms with Crippen LogP contribution in [-0.2, 0) is 16.1 Å². The predicted molar refractivity (Wildman–Crippen MR) is 118 cm³/mol. The Balaban J connectivity index is 2.08. The highest BCUT2D eigenvalue weighted by atomic mass is 16.5. The Morgan fingerprint density at radius 2 is 2.00 bits per heavy atom. The van der Waals surface area contributed by atoms with E-state index in [1.165, 1.54) is 12.7 Å². The molecule has 30 heavy (non-hydrogen) atoms. The molecule has 4 rings (SSSR count). The lowest BCUT2D eigenvalue weighted by Gasteiger charge is -2.18. The minimum Gasteiger partial charge on any atom is -0.465 e. The minimum atomic E-state index is -0.385. The van der Waals surface area contributed by atoms with Crippen LogP contribution in [0, 0.1) is 0 Å². The molecule has 1 aliphatic heterocycles. The number of anilines is 1. The minimum absolute atomic E-state index is 0.0996. The summed E-state index contributed by atoms with van der Waals surface area (Å²) in [6.07, 6.45) is 6.02. The van der Waals surface area contributed by atoms with Crippen molar-refractivity contribution >= 4 is 28.5 Å². The van der Waals surface area contributed by atoms with Crippen LogP contribution in [-0.4, -0.2) is 28.5 Å². The van der Waals surface area contributed by atoms with Gasteiger partial charge in [-0.25, -0.2) is 4.79 Å². The normalized spacial score (nSPS) is 13.0. The third-order valence-corrected chi connectivity index (χ3v) is 5.82. The first-order valence-corrected chi connectivity index (χ1v) is 10.6. The number of carbonyl (C=O) groups is 2. The van der Waals surface area contributed by atoms with Crippen LogP contribution in [0.15, 0.2) is 36.5 Å². The summed E-state index contributed by atoms with van der Waals surface area (Å²) in [5.41, 5.74) is 5.06. The lowest BCUT2D eigenvalue weighted by atomic mass is 9.87. The van der Waals surface area contributed by atoms with Gasteiger partial charge in [0, 0.05) is 11.6 Å². The topological polar surface area (TPSA) is 73.2 Å². The SMILES string of the molecule is CCCC(CCC)c1c2n(c3cc(C(=O)OC)ccc13)CC(=O)Nc1cccnc1-2. The number of amides is 1. The van der Waals surface area contributed by atoms with E-state index in [1.54, 1.807) is 6.20 Å². The first-order chi connectivity index (χ1) is 14.6. The van der Waals surface area contributed by atoms with Crippen LogP contribution < -0.4 is 5.32 Å². The van der Waals surface area contributed by atoms with E-state index in [0.717, 1.165) is 53.7 Å². The highest BCUT2D eigenvalue weighted by molar-refractivity contribution is 6.03. The zero-order valence-electron chi connectivity index (χ0n) is 17.7. The molecule has 0 atom stereocenters. The zero-order valence-corrected chi connectivity index (χ0v) is 17.7. The van der Waals surface area contributed by atoms with Gasteiger partial charge >= 0.3 is 5.97 Å². The summed E-state index contributed by atoms with van der Waals surface area (Å²) in [5.74, 6) is -0.132. The first kappa shape index (κ1) is 20.1. The van der Waals surface area contributed by atoms with Gasteiger partial charge in [0.2, 0.25) is 5.91 Å². The molecule has 0 unspecified atom stereocenters. The third-order valence-electron chi connectivity index (χ3n) is 5.82. The lowest BCUT2D eigenvalue weighted by Crippen LogP contribution is -2.16. The Morgan fingerprint density at radius 1 is 1.23 bits per heavy atom. The van der Waals surface area contributed by atoms with E-state index in [0.29, 0.717) is 11.5 Å². The predicted octanol–water partition coefficient (Wildman–Crippen LogP) is 5.13. The molecule has 0 saturated carbocycles. The van der Waals surface area contributed by atoms with Crippen molar-refractivity contribution in [1.29, 1.82) is 0 Å². The number of ether oxygens (including phenoxy) is 1. The summed E-state index contributed by atoms with van der Waals surface area (Å²) < 4.78 is 6.94. The Hall–Kier alpha value is -3.15. The van der Waals surface area contributed by atoms with E-state index >= 15 is 0 Å². The zero-order chi connectivity index (χ0) is 21.3. The molecule has 1 amide bonds. The van der Waals surface area contributed by atoms with Gasteiger partial charge in [0.25, 0.3) is 0 Å². The van der Waals surface area contributed by atoms with Crippen molar-refractivity contribution in [3.8, 4) is 11.4 Å². The summed E-state index contributed by atoms with van der Waals surface area (Å²) in [4.78, 5) is 29.5. The molecule has 0 bridgehead atoms. The summed E-state index contributed by atoms with van der Waals surface area (Å²) in [6.45, 7) is 4.58. The van der Waals surface area contributed by atoms with Gasteiger partial charge in [0.05, 0.1) is 29.6 Å². The Labute approximate surface area is 176 Å². The molecular weight excluding hydrogens is 378 g/mol. The smallest absolute Gasteiger partial charge is 0.337 e. The van der Waals surface area contributed by atoms with Crippen molar-refractivity contribution in [3.63, 3.8) is 0 Å². The molecule has 0 radical (unpaired) electrons. The second-order valence-corrected chi connectivity index (χ2v) is 7.79. The largest absolute Gasteiger partial charge is 0.465 e. The second-order valence-electron chi connectivity index (χ2n) is 7.79. The molecule has 3 heterocycles. The van der Waals surface area contributed by atoms with Crippen LogP contribution in [0.2, 0.25) is 0 Å². The van der Waals surface area contributed by atoms with Crippen molar-refractivity contribution in [3.05, 3.63) is 47.7 Å². The summed E-state index contributed by atoms with van der Waals surface area (Å²) in [7, 11) is 1.38. The average molecular weight is 405 g/mol. The fourth-order valence-corrected chi connectivity index (χ4v) is 4.61. The maximum absolute atomic E-state index is 12.7. The van der Waals surface area contributed by atoms with E-state index in [9.17, 15) is 9.59 Å². The van der Waals surface area contributed by atoms with Gasteiger partial charge in [-0.15, -0.1) is 0 Å². The lowest BCUT2D eigenvalue weighted by molar-refractivity contribution is -0.116. The van der Waals surface area contributed by atoms with Gasteiger partial charge < -0.3 is 14.6 Å². The number of aromatic nitrogens is 2. The van der Waals surface area contributed by atoms with Crippen molar-refractivity contribution in [1.82, 2.24) is 9.55 Å². The van der Waals surface area contributed by atoms with Crippen LogP contribution in [0.1, 0.15) is 61.4 Å². The molecule has 0 aliphatic carbocycles. The van der Waals surface area contributed by atoms with E-state index in [4.69, 9.17) is 4.74 Å². The van der Waals surface area contributed by atoms with E-state index < -0.39 is 0 Å². The maximum Gasteiger partial charge on any atom is 0.337 e. The number of nitrogens with one attached hydrogen (secondary N) is 1. The maximum atomic E-state index is 12.7. The summed E-state index contributed by atoms with van der Waals surface area (Å²) >= 11 is 0. The molecule has 0 saturated heterocycles. The van der Waals surface area contributed by atoms with Crippen LogP contribution in [0.3, 0.4) is 0 Å². The van der Waals surface area contributed by atoms with Crippen LogP contribution in [0.25, 0.3) is 22.3 Å². The molecule has 1 aromatic carbocycles. The molecule has 156 valence electrons. The molecule has 6 nitrogen and oxygen atoms in total. The van der Waals surface area contributed by atoms with Gasteiger partial charge in [-0.3, -0.25) is 9.78 Å². The van der Waals surface area contributed by atoms with Gasteiger partial charge in [0.15, 0.2) is 0 Å². The molecule has 3 aromatic rings. The van der Waals surface area contributed by atoms with Crippen molar-refractivity contribution in [2.24, 2.45) is 0 Å². The molecule has 6 heteroatoms. The number of benzene rings is 1. The quantitative estimate of drug-likeness (QED) is 0.577. The summed E-state index contributed by atoms with van der Waals surface area (Å²) in [6, 6.07) is 9.38. The summed E-state index contributed by atoms with van der Waals surface area (Å²) in [5, 5.41) is 4.06. The first-order valence-electron chi connectivity index (χ1n) is 10.6. The number of hydrogen-bond acceptors (Lipinski definition) is 4. The highest BCUT2D eigenvalue weighted by Gasteiger charge is 2.30. The number of esters is 1. The monoisotopic (exact) mass is 405 g/mol. The molecule has 2 aromatic heterocycles. The Bertz CT molecular complexity index is 1110. The number of pyridine rings is 1. The second kappa shape index (κ2) is 8.30. The van der Waals surface area contributed by atoms with Crippen LogP contribution >= 0.6 is 0 Å². The number of fused-ring (bicyclic) bond motifs is 5. The Kier molecular flexibility index (Phi) is 5.57. The Morgan fingerprint density at radius 3 is 2.70 bits per heavy atom. The van der Waals surface area contributed by atoms with Crippen molar-refractivity contribution in [2.75, 3.05) is 12.4 Å². The number of methoxy groups -OCH3 is 1. The fraction of sp³-hybridized carbons (Fsp3) is 0.375.